The van der Waals surface area contributed by atoms with Crippen LogP contribution in [0.2, 0.25) is 5.02 Å². The van der Waals surface area contributed by atoms with E-state index in [1.165, 1.54) is 0 Å². The first-order valence-electron chi connectivity index (χ1n) is 8.46. The number of fused-ring (bicyclic) bond motifs is 1. The van der Waals surface area contributed by atoms with E-state index >= 15 is 0 Å². The molecule has 0 saturated carbocycles. The van der Waals surface area contributed by atoms with Crippen LogP contribution in [0.15, 0.2) is 52.9 Å². The number of oxazole rings is 1. The van der Waals surface area contributed by atoms with Crippen molar-refractivity contribution in [3.05, 3.63) is 64.9 Å². The zero-order valence-corrected chi connectivity index (χ0v) is 15.6. The molecule has 0 bridgehead atoms. The van der Waals surface area contributed by atoms with Gasteiger partial charge >= 0.3 is 0 Å². The number of benzene rings is 2. The lowest BCUT2D eigenvalue weighted by atomic mass is 10.2. The number of nitrogens with one attached hydrogen (secondary N) is 1. The summed E-state index contributed by atoms with van der Waals surface area (Å²) in [7, 11) is 0. The van der Waals surface area contributed by atoms with Gasteiger partial charge in [0.2, 0.25) is 11.8 Å². The van der Waals surface area contributed by atoms with Gasteiger partial charge in [0.1, 0.15) is 12.1 Å². The van der Waals surface area contributed by atoms with Gasteiger partial charge in [0, 0.05) is 11.3 Å². The molecule has 0 aliphatic rings. The average molecular weight is 381 g/mol. The van der Waals surface area contributed by atoms with E-state index in [1.807, 2.05) is 62.4 Å². The zero-order chi connectivity index (χ0) is 19.0. The number of nitrogens with zero attached hydrogens (tertiary/aromatic N) is 3. The first-order valence-corrected chi connectivity index (χ1v) is 8.84. The Morgan fingerprint density at radius 1 is 1.15 bits per heavy atom. The summed E-state index contributed by atoms with van der Waals surface area (Å²) in [6, 6.07) is 15.0. The number of hydrogen-bond donors (Lipinski definition) is 1. The molecule has 4 aromatic rings. The molecule has 1 amide bonds. The minimum Gasteiger partial charge on any atom is -0.436 e. The third-order valence-electron chi connectivity index (χ3n) is 4.30. The lowest BCUT2D eigenvalue weighted by Crippen LogP contribution is -2.20. The molecule has 0 unspecified atom stereocenters. The second kappa shape index (κ2) is 6.89. The number of amides is 1. The van der Waals surface area contributed by atoms with Gasteiger partial charge in [0.25, 0.3) is 0 Å². The van der Waals surface area contributed by atoms with E-state index in [0.717, 1.165) is 22.4 Å². The Morgan fingerprint density at radius 2 is 1.89 bits per heavy atom. The minimum atomic E-state index is -0.174. The van der Waals surface area contributed by atoms with Crippen LogP contribution in [0.3, 0.4) is 0 Å². The molecule has 6 nitrogen and oxygen atoms in total. The van der Waals surface area contributed by atoms with E-state index in [4.69, 9.17) is 16.0 Å². The van der Waals surface area contributed by atoms with Gasteiger partial charge in [-0.2, -0.15) is 5.10 Å². The number of aromatic nitrogens is 3. The topological polar surface area (TPSA) is 73.0 Å². The van der Waals surface area contributed by atoms with Crippen LogP contribution in [-0.2, 0) is 11.3 Å². The smallest absolute Gasteiger partial charge is 0.246 e. The van der Waals surface area contributed by atoms with Gasteiger partial charge in [0.15, 0.2) is 5.58 Å². The van der Waals surface area contributed by atoms with Gasteiger partial charge in [-0.3, -0.25) is 9.48 Å². The molecule has 0 atom stereocenters. The Hall–Kier alpha value is -3.12. The fourth-order valence-corrected chi connectivity index (χ4v) is 2.99. The Kier molecular flexibility index (Phi) is 4.41. The summed E-state index contributed by atoms with van der Waals surface area (Å²) in [6.07, 6.45) is 0. The van der Waals surface area contributed by atoms with Crippen molar-refractivity contribution in [3.8, 4) is 11.5 Å². The fraction of sp³-hybridized carbons (Fsp3) is 0.150. The lowest BCUT2D eigenvalue weighted by Gasteiger charge is -2.07. The third kappa shape index (κ3) is 3.44. The van der Waals surface area contributed by atoms with Gasteiger partial charge in [-0.25, -0.2) is 4.98 Å². The summed E-state index contributed by atoms with van der Waals surface area (Å²) in [5.74, 6) is 0.373. The van der Waals surface area contributed by atoms with Gasteiger partial charge in [-0.15, -0.1) is 0 Å². The Labute approximate surface area is 160 Å². The van der Waals surface area contributed by atoms with Crippen LogP contribution < -0.4 is 5.32 Å². The predicted octanol–water partition coefficient (Wildman–Crippen LogP) is 4.60. The minimum absolute atomic E-state index is 0.103. The molecule has 2 heterocycles. The molecule has 0 radical (unpaired) electrons. The highest BCUT2D eigenvalue weighted by molar-refractivity contribution is 6.31. The number of halogens is 1. The molecule has 27 heavy (non-hydrogen) atoms. The normalized spacial score (nSPS) is 11.1. The molecule has 4 rings (SSSR count). The molecule has 1 N–H and O–H groups in total. The SMILES string of the molecule is Cc1nn(CC(=O)Nc2ccc(-c3nc4ccccc4o3)cc2)c(C)c1Cl. The molecule has 2 aromatic heterocycles. The first-order chi connectivity index (χ1) is 13.0. The monoisotopic (exact) mass is 380 g/mol. The second-order valence-electron chi connectivity index (χ2n) is 6.25. The van der Waals surface area contributed by atoms with Crippen LogP contribution in [-0.4, -0.2) is 20.7 Å². The molecule has 0 aliphatic heterocycles. The highest BCUT2D eigenvalue weighted by atomic mass is 35.5. The number of aryl methyl sites for hydroxylation is 1. The van der Waals surface area contributed by atoms with Crippen LogP contribution in [0.25, 0.3) is 22.6 Å². The first kappa shape index (κ1) is 17.3. The molecule has 0 saturated heterocycles. The van der Waals surface area contributed by atoms with Crippen molar-refractivity contribution in [1.29, 1.82) is 0 Å². The molecule has 0 aliphatic carbocycles. The van der Waals surface area contributed by atoms with Gasteiger partial charge in [-0.05, 0) is 50.2 Å². The highest BCUT2D eigenvalue weighted by Gasteiger charge is 2.13. The van der Waals surface area contributed by atoms with Crippen molar-refractivity contribution in [3.63, 3.8) is 0 Å². The maximum atomic E-state index is 12.3. The van der Waals surface area contributed by atoms with E-state index in [0.29, 0.717) is 22.3 Å². The van der Waals surface area contributed by atoms with Crippen molar-refractivity contribution >= 4 is 34.3 Å². The highest BCUT2D eigenvalue weighted by Crippen LogP contribution is 2.25. The zero-order valence-electron chi connectivity index (χ0n) is 14.9. The number of carbonyl (C=O) groups is 1. The Bertz CT molecular complexity index is 1100. The molecular weight excluding hydrogens is 364 g/mol. The molecule has 2 aromatic carbocycles. The molecular formula is C20H17ClN4O2. The van der Waals surface area contributed by atoms with E-state index in [-0.39, 0.29) is 12.5 Å². The third-order valence-corrected chi connectivity index (χ3v) is 4.84. The molecule has 0 fully saturated rings. The summed E-state index contributed by atoms with van der Waals surface area (Å²) in [6.45, 7) is 3.76. The van der Waals surface area contributed by atoms with Crippen molar-refractivity contribution in [2.75, 3.05) is 5.32 Å². The maximum absolute atomic E-state index is 12.3. The number of hydrogen-bond acceptors (Lipinski definition) is 4. The van der Waals surface area contributed by atoms with Crippen molar-refractivity contribution in [2.24, 2.45) is 0 Å². The molecule has 7 heteroatoms. The summed E-state index contributed by atoms with van der Waals surface area (Å²) in [5, 5.41) is 7.72. The molecule has 136 valence electrons. The van der Waals surface area contributed by atoms with Crippen LogP contribution in [0.5, 0.6) is 0 Å². The van der Waals surface area contributed by atoms with E-state index in [1.54, 1.807) is 4.68 Å². The summed E-state index contributed by atoms with van der Waals surface area (Å²) >= 11 is 6.12. The van der Waals surface area contributed by atoms with Crippen LogP contribution in [0.1, 0.15) is 11.4 Å². The summed E-state index contributed by atoms with van der Waals surface area (Å²) < 4.78 is 7.36. The van der Waals surface area contributed by atoms with Crippen LogP contribution in [0, 0.1) is 13.8 Å². The van der Waals surface area contributed by atoms with Gasteiger partial charge in [-0.1, -0.05) is 23.7 Å². The maximum Gasteiger partial charge on any atom is 0.246 e. The van der Waals surface area contributed by atoms with Gasteiger partial charge in [0.05, 0.1) is 16.4 Å². The number of rotatable bonds is 4. The van der Waals surface area contributed by atoms with E-state index in [9.17, 15) is 4.79 Å². The van der Waals surface area contributed by atoms with Crippen LogP contribution in [0.4, 0.5) is 5.69 Å². The van der Waals surface area contributed by atoms with Crippen molar-refractivity contribution in [1.82, 2.24) is 14.8 Å². The number of carbonyl (C=O) groups excluding carboxylic acids is 1. The van der Waals surface area contributed by atoms with Gasteiger partial charge < -0.3 is 9.73 Å². The largest absolute Gasteiger partial charge is 0.436 e. The number of para-hydroxylation sites is 2. The predicted molar refractivity (Wildman–Crippen MR) is 105 cm³/mol. The van der Waals surface area contributed by atoms with Crippen LogP contribution >= 0.6 is 11.6 Å². The van der Waals surface area contributed by atoms with E-state index < -0.39 is 0 Å². The lowest BCUT2D eigenvalue weighted by molar-refractivity contribution is -0.116. The standard InChI is InChI=1S/C20H17ClN4O2/c1-12-19(21)13(2)25(24-12)11-18(26)22-15-9-7-14(8-10-15)20-23-16-5-3-4-6-17(16)27-20/h3-10H,11H2,1-2H3,(H,22,26). The van der Waals surface area contributed by atoms with Crippen molar-refractivity contribution < 1.29 is 9.21 Å². The molecule has 0 spiro atoms. The number of anilines is 1. The van der Waals surface area contributed by atoms with E-state index in [2.05, 4.69) is 15.4 Å². The summed E-state index contributed by atoms with van der Waals surface area (Å²) in [5.41, 5.74) is 4.57. The Morgan fingerprint density at radius 3 is 2.56 bits per heavy atom. The van der Waals surface area contributed by atoms with Crippen molar-refractivity contribution in [2.45, 2.75) is 20.4 Å². The fourth-order valence-electron chi connectivity index (χ4n) is 2.86. The Balaban J connectivity index is 1.47. The summed E-state index contributed by atoms with van der Waals surface area (Å²) in [4.78, 5) is 16.8. The second-order valence-corrected chi connectivity index (χ2v) is 6.63. The quantitative estimate of drug-likeness (QED) is 0.561. The average Bonchev–Trinajstić information content (AvgIpc) is 3.19.